The SMILES string of the molecule is CN(CC(=O)NCC(O)c1ccc(F)cc1)S(=O)(=O)c1ccc(Br)cc1. The lowest BCUT2D eigenvalue weighted by Gasteiger charge is -2.18. The molecule has 0 saturated carbocycles. The largest absolute Gasteiger partial charge is 0.387 e. The summed E-state index contributed by atoms with van der Waals surface area (Å²) in [6.45, 7) is -0.509. The van der Waals surface area contributed by atoms with Gasteiger partial charge in [0.2, 0.25) is 15.9 Å². The van der Waals surface area contributed by atoms with Gasteiger partial charge in [-0.25, -0.2) is 12.8 Å². The van der Waals surface area contributed by atoms with E-state index in [1.807, 2.05) is 0 Å². The highest BCUT2D eigenvalue weighted by Crippen LogP contribution is 2.17. The number of rotatable bonds is 7. The zero-order valence-electron chi connectivity index (χ0n) is 13.9. The normalized spacial score (nSPS) is 12.8. The van der Waals surface area contributed by atoms with Crippen molar-refractivity contribution in [2.75, 3.05) is 20.1 Å². The molecule has 140 valence electrons. The number of benzene rings is 2. The van der Waals surface area contributed by atoms with Crippen molar-refractivity contribution in [2.24, 2.45) is 0 Å². The average Bonchev–Trinajstić information content (AvgIpc) is 2.60. The summed E-state index contributed by atoms with van der Waals surface area (Å²) in [6.07, 6.45) is -1.02. The number of hydrogen-bond acceptors (Lipinski definition) is 4. The maximum absolute atomic E-state index is 12.9. The molecule has 0 bridgehead atoms. The molecule has 9 heteroatoms. The molecule has 1 amide bonds. The fourth-order valence-electron chi connectivity index (χ4n) is 2.14. The van der Waals surface area contributed by atoms with Crippen LogP contribution in [0.25, 0.3) is 0 Å². The molecule has 0 spiro atoms. The lowest BCUT2D eigenvalue weighted by atomic mass is 10.1. The molecule has 1 atom stereocenters. The van der Waals surface area contributed by atoms with Crippen molar-refractivity contribution in [3.63, 3.8) is 0 Å². The summed E-state index contributed by atoms with van der Waals surface area (Å²) in [6, 6.07) is 11.3. The molecular weight excluding hydrogens is 427 g/mol. The van der Waals surface area contributed by atoms with Crippen molar-refractivity contribution in [1.82, 2.24) is 9.62 Å². The summed E-state index contributed by atoms with van der Waals surface area (Å²) in [5.41, 5.74) is 0.447. The first-order valence-corrected chi connectivity index (χ1v) is 9.85. The van der Waals surface area contributed by atoms with Gasteiger partial charge < -0.3 is 10.4 Å². The number of hydrogen-bond donors (Lipinski definition) is 2. The third-order valence-electron chi connectivity index (χ3n) is 3.64. The average molecular weight is 445 g/mol. The Morgan fingerprint density at radius 1 is 1.19 bits per heavy atom. The van der Waals surface area contributed by atoms with Crippen molar-refractivity contribution in [1.29, 1.82) is 0 Å². The summed E-state index contributed by atoms with van der Waals surface area (Å²) >= 11 is 3.23. The highest BCUT2D eigenvalue weighted by molar-refractivity contribution is 9.10. The topological polar surface area (TPSA) is 86.7 Å². The van der Waals surface area contributed by atoms with E-state index >= 15 is 0 Å². The van der Waals surface area contributed by atoms with Crippen LogP contribution in [0.4, 0.5) is 4.39 Å². The smallest absolute Gasteiger partial charge is 0.243 e. The molecule has 26 heavy (non-hydrogen) atoms. The molecular formula is C17H18BrFN2O4S. The Balaban J connectivity index is 1.92. The minimum Gasteiger partial charge on any atom is -0.387 e. The number of halogens is 2. The first-order valence-electron chi connectivity index (χ1n) is 7.62. The first kappa shape index (κ1) is 20.5. The Morgan fingerprint density at radius 3 is 2.35 bits per heavy atom. The maximum Gasteiger partial charge on any atom is 0.243 e. The molecule has 0 fully saturated rings. The van der Waals surface area contributed by atoms with Crippen LogP contribution in [0.3, 0.4) is 0 Å². The van der Waals surface area contributed by atoms with Crippen LogP contribution in [0.15, 0.2) is 57.9 Å². The summed E-state index contributed by atoms with van der Waals surface area (Å²) in [7, 11) is -2.50. The van der Waals surface area contributed by atoms with Crippen LogP contribution in [0, 0.1) is 5.82 Å². The van der Waals surface area contributed by atoms with Gasteiger partial charge in [0.05, 0.1) is 17.5 Å². The molecule has 0 heterocycles. The molecule has 2 rings (SSSR count). The van der Waals surface area contributed by atoms with E-state index in [1.165, 1.54) is 43.4 Å². The number of likely N-dealkylation sites (N-methyl/N-ethyl adjacent to an activating group) is 1. The molecule has 0 aliphatic heterocycles. The maximum atomic E-state index is 12.9. The van der Waals surface area contributed by atoms with Gasteiger partial charge in [0.1, 0.15) is 5.82 Å². The Labute approximate surface area is 159 Å². The predicted octanol–water partition coefficient (Wildman–Crippen LogP) is 2.06. The first-order chi connectivity index (χ1) is 12.2. The third kappa shape index (κ3) is 5.34. The lowest BCUT2D eigenvalue weighted by molar-refractivity contribution is -0.121. The van der Waals surface area contributed by atoms with Crippen molar-refractivity contribution in [3.05, 3.63) is 64.4 Å². The van der Waals surface area contributed by atoms with Crippen LogP contribution < -0.4 is 5.32 Å². The van der Waals surface area contributed by atoms with Crippen molar-refractivity contribution >= 4 is 31.9 Å². The van der Waals surface area contributed by atoms with E-state index in [4.69, 9.17) is 0 Å². The van der Waals surface area contributed by atoms with E-state index in [9.17, 15) is 22.7 Å². The van der Waals surface area contributed by atoms with Crippen molar-refractivity contribution in [2.45, 2.75) is 11.0 Å². The number of aliphatic hydroxyl groups is 1. The lowest BCUT2D eigenvalue weighted by Crippen LogP contribution is -2.39. The number of nitrogens with one attached hydrogen (secondary N) is 1. The number of aliphatic hydroxyl groups excluding tert-OH is 1. The van der Waals surface area contributed by atoms with Crippen LogP contribution in [-0.2, 0) is 14.8 Å². The number of carbonyl (C=O) groups excluding carboxylic acids is 1. The molecule has 6 nitrogen and oxygen atoms in total. The van der Waals surface area contributed by atoms with Crippen LogP contribution in [-0.4, -0.2) is 43.9 Å². The summed E-state index contributed by atoms with van der Waals surface area (Å²) in [5.74, 6) is -0.987. The van der Waals surface area contributed by atoms with Gasteiger partial charge in [-0.15, -0.1) is 0 Å². The van der Waals surface area contributed by atoms with E-state index in [2.05, 4.69) is 21.2 Å². The fourth-order valence-corrected chi connectivity index (χ4v) is 3.53. The Morgan fingerprint density at radius 2 is 1.77 bits per heavy atom. The van der Waals surface area contributed by atoms with E-state index in [0.717, 1.165) is 8.78 Å². The van der Waals surface area contributed by atoms with Gasteiger partial charge in [-0.1, -0.05) is 28.1 Å². The minimum atomic E-state index is -3.80. The van der Waals surface area contributed by atoms with E-state index in [1.54, 1.807) is 12.1 Å². The molecule has 0 saturated heterocycles. The number of amides is 1. The second kappa shape index (κ2) is 8.72. The number of carbonyl (C=O) groups is 1. The van der Waals surface area contributed by atoms with E-state index in [-0.39, 0.29) is 11.4 Å². The molecule has 0 aliphatic rings. The van der Waals surface area contributed by atoms with Crippen LogP contribution in [0.2, 0.25) is 0 Å². The molecule has 2 N–H and O–H groups in total. The molecule has 0 aromatic heterocycles. The third-order valence-corrected chi connectivity index (χ3v) is 5.98. The van der Waals surface area contributed by atoms with Gasteiger partial charge >= 0.3 is 0 Å². The highest BCUT2D eigenvalue weighted by atomic mass is 79.9. The molecule has 0 aliphatic carbocycles. The summed E-state index contributed by atoms with van der Waals surface area (Å²) in [5, 5.41) is 12.4. The highest BCUT2D eigenvalue weighted by Gasteiger charge is 2.23. The van der Waals surface area contributed by atoms with Gasteiger partial charge in [-0.2, -0.15) is 4.31 Å². The number of nitrogens with zero attached hydrogens (tertiary/aromatic N) is 1. The van der Waals surface area contributed by atoms with Gasteiger partial charge in [0.15, 0.2) is 0 Å². The molecule has 0 radical (unpaired) electrons. The van der Waals surface area contributed by atoms with Crippen molar-refractivity contribution in [3.8, 4) is 0 Å². The molecule has 2 aromatic rings. The van der Waals surface area contributed by atoms with E-state index in [0.29, 0.717) is 5.56 Å². The standard InChI is InChI=1S/C17H18BrFN2O4S/c1-21(26(24,25)15-8-4-13(18)5-9-15)11-17(23)20-10-16(22)12-2-6-14(19)7-3-12/h2-9,16,22H,10-11H2,1H3,(H,20,23). The fraction of sp³-hybridized carbons (Fsp3) is 0.235. The molecule has 2 aromatic carbocycles. The monoisotopic (exact) mass is 444 g/mol. The predicted molar refractivity (Wildman–Crippen MR) is 98.3 cm³/mol. The summed E-state index contributed by atoms with van der Waals surface area (Å²) in [4.78, 5) is 12.1. The molecule has 1 unspecified atom stereocenters. The number of sulfonamides is 1. The second-order valence-corrected chi connectivity index (χ2v) is 8.55. The summed E-state index contributed by atoms with van der Waals surface area (Å²) < 4.78 is 39.4. The zero-order valence-corrected chi connectivity index (χ0v) is 16.3. The van der Waals surface area contributed by atoms with Crippen LogP contribution in [0.5, 0.6) is 0 Å². The minimum absolute atomic E-state index is 0.0716. The van der Waals surface area contributed by atoms with Crippen LogP contribution in [0.1, 0.15) is 11.7 Å². The van der Waals surface area contributed by atoms with Gasteiger partial charge in [-0.05, 0) is 42.0 Å². The zero-order chi connectivity index (χ0) is 19.3. The van der Waals surface area contributed by atoms with Gasteiger partial charge in [-0.3, -0.25) is 4.79 Å². The Kier molecular flexibility index (Phi) is 6.87. The van der Waals surface area contributed by atoms with Gasteiger partial charge in [0, 0.05) is 18.1 Å². The van der Waals surface area contributed by atoms with Crippen molar-refractivity contribution < 1.29 is 22.7 Å². The van der Waals surface area contributed by atoms with E-state index < -0.39 is 34.4 Å². The Bertz CT molecular complexity index is 857. The second-order valence-electron chi connectivity index (χ2n) is 5.59. The Hall–Kier alpha value is -1.81. The quantitative estimate of drug-likeness (QED) is 0.683. The van der Waals surface area contributed by atoms with Gasteiger partial charge in [0.25, 0.3) is 0 Å². The van der Waals surface area contributed by atoms with Crippen LogP contribution >= 0.6 is 15.9 Å².